The predicted octanol–water partition coefficient (Wildman–Crippen LogP) is 2.27. The fraction of sp³-hybridized carbons (Fsp3) is 0.727. The summed E-state index contributed by atoms with van der Waals surface area (Å²) in [5.74, 6) is -0.318. The molecule has 1 spiro atoms. The van der Waals surface area contributed by atoms with Gasteiger partial charge in [0.05, 0.1) is 0 Å². The quantitative estimate of drug-likeness (QED) is 0.924. The minimum Gasteiger partial charge on any atom is -0.481 e. The maximum absolute atomic E-state index is 10.7. The van der Waals surface area contributed by atoms with Gasteiger partial charge in [0.15, 0.2) is 0 Å². The molecular formula is C11H14ClN3O2S. The van der Waals surface area contributed by atoms with E-state index in [1.54, 1.807) is 0 Å². The lowest BCUT2D eigenvalue weighted by Gasteiger charge is -2.44. The van der Waals surface area contributed by atoms with E-state index in [0.29, 0.717) is 22.2 Å². The van der Waals surface area contributed by atoms with Crippen molar-refractivity contribution in [2.75, 3.05) is 18.0 Å². The summed E-state index contributed by atoms with van der Waals surface area (Å²) in [6.07, 6.45) is 3.50. The van der Waals surface area contributed by atoms with Gasteiger partial charge in [0.1, 0.15) is 0 Å². The summed E-state index contributed by atoms with van der Waals surface area (Å²) >= 11 is 7.20. The maximum Gasteiger partial charge on any atom is 0.303 e. The Morgan fingerprint density at radius 1 is 1.56 bits per heavy atom. The van der Waals surface area contributed by atoms with E-state index < -0.39 is 5.97 Å². The number of carboxylic acids is 1. The van der Waals surface area contributed by atoms with Gasteiger partial charge in [-0.05, 0) is 42.2 Å². The number of halogens is 1. The number of hydrogen-bond acceptors (Lipinski definition) is 5. The highest BCUT2D eigenvalue weighted by atomic mass is 35.5. The first-order valence-electron chi connectivity index (χ1n) is 6.02. The van der Waals surface area contributed by atoms with Crippen molar-refractivity contribution < 1.29 is 9.90 Å². The lowest BCUT2D eigenvalue weighted by Crippen LogP contribution is -2.40. The summed E-state index contributed by atoms with van der Waals surface area (Å²) in [5.41, 5.74) is 0.318. The van der Waals surface area contributed by atoms with E-state index in [-0.39, 0.29) is 0 Å². The number of carboxylic acid groups (broad SMARTS) is 1. The Morgan fingerprint density at radius 3 is 2.94 bits per heavy atom. The Morgan fingerprint density at radius 2 is 2.33 bits per heavy atom. The van der Waals surface area contributed by atoms with Crippen LogP contribution in [0.15, 0.2) is 0 Å². The molecule has 98 valence electrons. The second-order valence-electron chi connectivity index (χ2n) is 5.38. The standard InChI is InChI=1S/C11H14ClN3O2S/c12-9-13-14-10(18-9)15-2-1-11(6-15)4-7(5-11)3-8(16)17/h7H,1-6H2,(H,16,17). The Bertz CT molecular complexity index is 473. The highest BCUT2D eigenvalue weighted by molar-refractivity contribution is 7.19. The van der Waals surface area contributed by atoms with Gasteiger partial charge in [-0.15, -0.1) is 10.2 Å². The molecule has 2 aliphatic rings. The molecule has 0 radical (unpaired) electrons. The molecule has 3 rings (SSSR count). The Balaban J connectivity index is 1.58. The van der Waals surface area contributed by atoms with E-state index in [4.69, 9.17) is 16.7 Å². The summed E-state index contributed by atoms with van der Waals surface area (Å²) in [5, 5.41) is 17.5. The lowest BCUT2D eigenvalue weighted by molar-refractivity contribution is -0.140. The van der Waals surface area contributed by atoms with Crippen molar-refractivity contribution in [3.63, 3.8) is 0 Å². The van der Waals surface area contributed by atoms with Crippen LogP contribution in [0.3, 0.4) is 0 Å². The summed E-state index contributed by atoms with van der Waals surface area (Å²) in [4.78, 5) is 12.9. The zero-order valence-corrected chi connectivity index (χ0v) is 11.4. The smallest absolute Gasteiger partial charge is 0.303 e. The van der Waals surface area contributed by atoms with Gasteiger partial charge in [-0.2, -0.15) is 0 Å². The third-order valence-electron chi connectivity index (χ3n) is 4.01. The molecule has 1 aliphatic carbocycles. The fourth-order valence-electron chi connectivity index (χ4n) is 3.31. The first kappa shape index (κ1) is 12.2. The number of carbonyl (C=O) groups is 1. The topological polar surface area (TPSA) is 66.3 Å². The van der Waals surface area contributed by atoms with Crippen molar-refractivity contribution >= 4 is 34.0 Å². The number of anilines is 1. The highest BCUT2D eigenvalue weighted by Crippen LogP contribution is 2.53. The molecule has 1 saturated carbocycles. The van der Waals surface area contributed by atoms with Crippen molar-refractivity contribution in [1.29, 1.82) is 0 Å². The van der Waals surface area contributed by atoms with Crippen LogP contribution in [0.1, 0.15) is 25.7 Å². The molecule has 1 aliphatic heterocycles. The second-order valence-corrected chi connectivity index (χ2v) is 6.92. The van der Waals surface area contributed by atoms with Crippen LogP contribution in [0.25, 0.3) is 0 Å². The van der Waals surface area contributed by atoms with Gasteiger partial charge in [0.25, 0.3) is 0 Å². The molecule has 1 aromatic rings. The first-order chi connectivity index (χ1) is 8.56. The van der Waals surface area contributed by atoms with Gasteiger partial charge in [-0.25, -0.2) is 0 Å². The zero-order valence-electron chi connectivity index (χ0n) is 9.80. The van der Waals surface area contributed by atoms with Gasteiger partial charge in [0, 0.05) is 19.5 Å². The summed E-state index contributed by atoms with van der Waals surface area (Å²) in [6.45, 7) is 1.94. The molecule has 1 aromatic heterocycles. The van der Waals surface area contributed by atoms with Crippen molar-refractivity contribution in [3.8, 4) is 0 Å². The van der Waals surface area contributed by atoms with Crippen molar-refractivity contribution in [1.82, 2.24) is 10.2 Å². The van der Waals surface area contributed by atoms with E-state index >= 15 is 0 Å². The molecule has 2 fully saturated rings. The molecule has 0 atom stereocenters. The Labute approximate surface area is 114 Å². The average molecular weight is 288 g/mol. The molecule has 0 aromatic carbocycles. The predicted molar refractivity (Wildman–Crippen MR) is 69.2 cm³/mol. The van der Waals surface area contributed by atoms with Crippen LogP contribution in [0, 0.1) is 11.3 Å². The van der Waals surface area contributed by atoms with Crippen molar-refractivity contribution in [2.24, 2.45) is 11.3 Å². The number of aromatic nitrogens is 2. The van der Waals surface area contributed by atoms with Crippen LogP contribution < -0.4 is 4.90 Å². The molecule has 18 heavy (non-hydrogen) atoms. The van der Waals surface area contributed by atoms with Gasteiger partial charge < -0.3 is 10.0 Å². The van der Waals surface area contributed by atoms with E-state index in [1.807, 2.05) is 0 Å². The molecule has 1 saturated heterocycles. The monoisotopic (exact) mass is 287 g/mol. The van der Waals surface area contributed by atoms with Crippen LogP contribution in [0.4, 0.5) is 5.13 Å². The second kappa shape index (κ2) is 4.35. The number of aliphatic carboxylic acids is 1. The van der Waals surface area contributed by atoms with Crippen LogP contribution in [-0.4, -0.2) is 34.4 Å². The molecule has 2 heterocycles. The minimum absolute atomic E-state index is 0.312. The Hall–Kier alpha value is -0.880. The molecule has 0 bridgehead atoms. The largest absolute Gasteiger partial charge is 0.481 e. The summed E-state index contributed by atoms with van der Waals surface area (Å²) in [6, 6.07) is 0. The van der Waals surface area contributed by atoms with Gasteiger partial charge in [-0.3, -0.25) is 4.79 Å². The number of hydrogen-bond donors (Lipinski definition) is 1. The van der Waals surface area contributed by atoms with E-state index in [9.17, 15) is 4.79 Å². The maximum atomic E-state index is 10.7. The molecular weight excluding hydrogens is 274 g/mol. The first-order valence-corrected chi connectivity index (χ1v) is 7.22. The lowest BCUT2D eigenvalue weighted by atomic mass is 9.60. The molecule has 0 unspecified atom stereocenters. The van der Waals surface area contributed by atoms with E-state index in [2.05, 4.69) is 15.1 Å². The minimum atomic E-state index is -0.680. The summed E-state index contributed by atoms with van der Waals surface area (Å²) in [7, 11) is 0. The van der Waals surface area contributed by atoms with Gasteiger partial charge >= 0.3 is 5.97 Å². The SMILES string of the molecule is O=C(O)CC1CC2(CCN(c3nnc(Cl)s3)C2)C1. The Kier molecular flexibility index (Phi) is 2.94. The third kappa shape index (κ3) is 2.19. The van der Waals surface area contributed by atoms with Crippen molar-refractivity contribution in [3.05, 3.63) is 4.47 Å². The van der Waals surface area contributed by atoms with Crippen LogP contribution in [0.5, 0.6) is 0 Å². The summed E-state index contributed by atoms with van der Waals surface area (Å²) < 4.78 is 0.475. The fourth-order valence-corrected chi connectivity index (χ4v) is 4.16. The molecule has 0 amide bonds. The van der Waals surface area contributed by atoms with Crippen LogP contribution >= 0.6 is 22.9 Å². The van der Waals surface area contributed by atoms with Crippen molar-refractivity contribution in [2.45, 2.75) is 25.7 Å². The van der Waals surface area contributed by atoms with Gasteiger partial charge in [-0.1, -0.05) is 11.3 Å². The van der Waals surface area contributed by atoms with Gasteiger partial charge in [0.2, 0.25) is 9.60 Å². The van der Waals surface area contributed by atoms with E-state index in [1.165, 1.54) is 11.3 Å². The number of nitrogens with zero attached hydrogens (tertiary/aromatic N) is 3. The van der Waals surface area contributed by atoms with Crippen LogP contribution in [0.2, 0.25) is 4.47 Å². The molecule has 5 nitrogen and oxygen atoms in total. The average Bonchev–Trinajstić information content (AvgIpc) is 2.83. The normalized spacial score (nSPS) is 30.7. The molecule has 7 heteroatoms. The number of rotatable bonds is 3. The highest BCUT2D eigenvalue weighted by Gasteiger charge is 2.49. The zero-order chi connectivity index (χ0) is 12.8. The third-order valence-corrected chi connectivity index (χ3v) is 5.08. The van der Waals surface area contributed by atoms with E-state index in [0.717, 1.165) is 37.5 Å². The van der Waals surface area contributed by atoms with Crippen LogP contribution in [-0.2, 0) is 4.79 Å². The molecule has 1 N–H and O–H groups in total.